The van der Waals surface area contributed by atoms with Gasteiger partial charge in [0.2, 0.25) is 0 Å². The van der Waals surface area contributed by atoms with Crippen molar-refractivity contribution in [2.75, 3.05) is 7.11 Å². The molecule has 0 aliphatic rings. The van der Waals surface area contributed by atoms with E-state index in [-0.39, 0.29) is 16.3 Å². The van der Waals surface area contributed by atoms with E-state index in [0.29, 0.717) is 17.2 Å². The zero-order chi connectivity index (χ0) is 12.6. The standard InChI is InChI=1S/C11H7ClFNO3/c1-17-11(16)10-6(4-15)5-2-8(13)7(12)3-9(5)14-10/h2-4,14H,1H3. The summed E-state index contributed by atoms with van der Waals surface area (Å²) in [5.74, 6) is -1.35. The number of esters is 1. The van der Waals surface area contributed by atoms with E-state index in [0.717, 1.165) is 6.07 Å². The van der Waals surface area contributed by atoms with E-state index >= 15 is 0 Å². The summed E-state index contributed by atoms with van der Waals surface area (Å²) in [6, 6.07) is 2.41. The summed E-state index contributed by atoms with van der Waals surface area (Å²) >= 11 is 5.61. The van der Waals surface area contributed by atoms with Crippen molar-refractivity contribution in [2.24, 2.45) is 0 Å². The molecule has 0 aliphatic heterocycles. The van der Waals surface area contributed by atoms with Gasteiger partial charge in [0.1, 0.15) is 11.5 Å². The highest BCUT2D eigenvalue weighted by Crippen LogP contribution is 2.27. The number of ether oxygens (including phenoxy) is 1. The third-order valence-electron chi connectivity index (χ3n) is 2.39. The second-order valence-corrected chi connectivity index (χ2v) is 3.74. The van der Waals surface area contributed by atoms with Gasteiger partial charge < -0.3 is 9.72 Å². The van der Waals surface area contributed by atoms with E-state index in [1.54, 1.807) is 0 Å². The van der Waals surface area contributed by atoms with Crippen molar-refractivity contribution in [1.82, 2.24) is 4.98 Å². The number of methoxy groups -OCH3 is 1. The number of carbonyl (C=O) groups is 2. The van der Waals surface area contributed by atoms with Gasteiger partial charge in [0.15, 0.2) is 6.29 Å². The van der Waals surface area contributed by atoms with Crippen LogP contribution in [0.1, 0.15) is 20.8 Å². The topological polar surface area (TPSA) is 59.2 Å². The first-order chi connectivity index (χ1) is 8.08. The van der Waals surface area contributed by atoms with E-state index in [9.17, 15) is 14.0 Å². The van der Waals surface area contributed by atoms with Crippen molar-refractivity contribution in [1.29, 1.82) is 0 Å². The fourth-order valence-electron chi connectivity index (χ4n) is 1.60. The third-order valence-corrected chi connectivity index (χ3v) is 2.68. The van der Waals surface area contributed by atoms with Crippen LogP contribution in [0, 0.1) is 5.82 Å². The number of nitrogens with one attached hydrogen (secondary N) is 1. The molecule has 0 fully saturated rings. The highest BCUT2D eigenvalue weighted by molar-refractivity contribution is 6.31. The minimum atomic E-state index is -0.695. The molecule has 0 saturated carbocycles. The Balaban J connectivity index is 2.80. The Hall–Kier alpha value is -1.88. The number of H-pyrrole nitrogens is 1. The molecule has 0 unspecified atom stereocenters. The maximum atomic E-state index is 13.3. The third kappa shape index (κ3) is 1.78. The van der Waals surface area contributed by atoms with Gasteiger partial charge in [0, 0.05) is 10.9 Å². The van der Waals surface area contributed by atoms with E-state index in [1.807, 2.05) is 0 Å². The van der Waals surface area contributed by atoms with Gasteiger partial charge in [-0.15, -0.1) is 0 Å². The summed E-state index contributed by atoms with van der Waals surface area (Å²) in [6.07, 6.45) is 0.471. The smallest absolute Gasteiger partial charge is 0.355 e. The minimum Gasteiger partial charge on any atom is -0.464 e. The van der Waals surface area contributed by atoms with Gasteiger partial charge in [-0.25, -0.2) is 9.18 Å². The first-order valence-electron chi connectivity index (χ1n) is 4.62. The van der Waals surface area contributed by atoms with Crippen molar-refractivity contribution >= 4 is 34.8 Å². The summed E-state index contributed by atoms with van der Waals surface area (Å²) in [5.41, 5.74) is 0.445. The van der Waals surface area contributed by atoms with Crippen molar-refractivity contribution in [3.05, 3.63) is 34.2 Å². The van der Waals surface area contributed by atoms with Crippen molar-refractivity contribution < 1.29 is 18.7 Å². The SMILES string of the molecule is COC(=O)c1[nH]c2cc(Cl)c(F)cc2c1C=O. The van der Waals surface area contributed by atoms with Crippen LogP contribution < -0.4 is 0 Å². The van der Waals surface area contributed by atoms with Gasteiger partial charge in [-0.3, -0.25) is 4.79 Å². The highest BCUT2D eigenvalue weighted by Gasteiger charge is 2.19. The van der Waals surface area contributed by atoms with Crippen molar-refractivity contribution in [3.63, 3.8) is 0 Å². The van der Waals surface area contributed by atoms with Crippen LogP contribution in [-0.4, -0.2) is 24.3 Å². The number of hydrogen-bond donors (Lipinski definition) is 1. The van der Waals surface area contributed by atoms with Crippen molar-refractivity contribution in [3.8, 4) is 0 Å². The number of hydrogen-bond acceptors (Lipinski definition) is 3. The Morgan fingerprint density at radius 2 is 2.24 bits per heavy atom. The number of rotatable bonds is 2. The molecule has 0 aliphatic carbocycles. The maximum absolute atomic E-state index is 13.3. The van der Waals surface area contributed by atoms with Gasteiger partial charge in [-0.2, -0.15) is 0 Å². The lowest BCUT2D eigenvalue weighted by Crippen LogP contribution is -2.04. The van der Waals surface area contributed by atoms with Crippen LogP contribution in [0.25, 0.3) is 10.9 Å². The quantitative estimate of drug-likeness (QED) is 0.663. The highest BCUT2D eigenvalue weighted by atomic mass is 35.5. The Kier molecular flexibility index (Phi) is 2.85. The largest absolute Gasteiger partial charge is 0.464 e. The normalized spacial score (nSPS) is 10.5. The van der Waals surface area contributed by atoms with Crippen LogP contribution in [0.3, 0.4) is 0 Å². The fraction of sp³-hybridized carbons (Fsp3) is 0.0909. The van der Waals surface area contributed by atoms with Crippen LogP contribution in [0.15, 0.2) is 12.1 Å². The molecule has 2 aromatic rings. The predicted octanol–water partition coefficient (Wildman–Crippen LogP) is 2.56. The maximum Gasteiger partial charge on any atom is 0.355 e. The molecule has 88 valence electrons. The molecule has 6 heteroatoms. The average Bonchev–Trinajstić information content (AvgIpc) is 2.66. The first-order valence-corrected chi connectivity index (χ1v) is 5.00. The monoisotopic (exact) mass is 255 g/mol. The van der Waals surface area contributed by atoms with E-state index in [1.165, 1.54) is 13.2 Å². The Morgan fingerprint density at radius 3 is 2.82 bits per heavy atom. The van der Waals surface area contributed by atoms with Crippen molar-refractivity contribution in [2.45, 2.75) is 0 Å². The second kappa shape index (κ2) is 4.18. The molecule has 17 heavy (non-hydrogen) atoms. The lowest BCUT2D eigenvalue weighted by Gasteiger charge is -1.95. The fourth-order valence-corrected chi connectivity index (χ4v) is 1.76. The molecule has 0 saturated heterocycles. The average molecular weight is 256 g/mol. The van der Waals surface area contributed by atoms with Crippen LogP contribution in [-0.2, 0) is 4.74 Å². The second-order valence-electron chi connectivity index (χ2n) is 3.34. The molecule has 0 spiro atoms. The van der Waals surface area contributed by atoms with E-state index < -0.39 is 11.8 Å². The molecule has 0 bridgehead atoms. The number of carbonyl (C=O) groups excluding carboxylic acids is 2. The van der Waals surface area contributed by atoms with Gasteiger partial charge in [0.25, 0.3) is 0 Å². The van der Waals surface area contributed by atoms with E-state index in [2.05, 4.69) is 9.72 Å². The van der Waals surface area contributed by atoms with E-state index in [4.69, 9.17) is 11.6 Å². The lowest BCUT2D eigenvalue weighted by molar-refractivity contribution is 0.0593. The van der Waals surface area contributed by atoms with Crippen LogP contribution >= 0.6 is 11.6 Å². The summed E-state index contributed by atoms with van der Waals surface area (Å²) in [4.78, 5) is 25.0. The summed E-state index contributed by atoms with van der Waals surface area (Å²) in [6.45, 7) is 0. The summed E-state index contributed by atoms with van der Waals surface area (Å²) < 4.78 is 17.8. The summed E-state index contributed by atoms with van der Waals surface area (Å²) in [5, 5.41) is 0.204. The predicted molar refractivity (Wildman–Crippen MR) is 60.0 cm³/mol. The molecule has 1 heterocycles. The molecule has 0 radical (unpaired) electrons. The molecule has 2 rings (SSSR count). The molecular formula is C11H7ClFNO3. The number of aldehydes is 1. The molecule has 1 aromatic carbocycles. The zero-order valence-electron chi connectivity index (χ0n) is 8.71. The molecule has 0 amide bonds. The molecule has 0 atom stereocenters. The van der Waals surface area contributed by atoms with Gasteiger partial charge in [-0.05, 0) is 12.1 Å². The number of benzene rings is 1. The summed E-state index contributed by atoms with van der Waals surface area (Å²) in [7, 11) is 1.19. The van der Waals surface area contributed by atoms with Crippen LogP contribution in [0.2, 0.25) is 5.02 Å². The number of aromatic amines is 1. The van der Waals surface area contributed by atoms with Gasteiger partial charge >= 0.3 is 5.97 Å². The Morgan fingerprint density at radius 1 is 1.53 bits per heavy atom. The van der Waals surface area contributed by atoms with Crippen LogP contribution in [0.5, 0.6) is 0 Å². The number of aromatic nitrogens is 1. The first kappa shape index (κ1) is 11.6. The Labute approximate surface area is 100 Å². The molecule has 4 nitrogen and oxygen atoms in total. The van der Waals surface area contributed by atoms with Gasteiger partial charge in [0.05, 0.1) is 17.7 Å². The Bertz CT molecular complexity index is 621. The lowest BCUT2D eigenvalue weighted by atomic mass is 10.1. The molecule has 1 aromatic heterocycles. The number of fused-ring (bicyclic) bond motifs is 1. The number of halogens is 2. The minimum absolute atomic E-state index is 0.0147. The van der Waals surface area contributed by atoms with Gasteiger partial charge in [-0.1, -0.05) is 11.6 Å². The zero-order valence-corrected chi connectivity index (χ0v) is 9.47. The van der Waals surface area contributed by atoms with Crippen LogP contribution in [0.4, 0.5) is 4.39 Å². The molecular weight excluding hydrogens is 249 g/mol. The molecule has 1 N–H and O–H groups in total.